The van der Waals surface area contributed by atoms with Crippen molar-refractivity contribution in [2.45, 2.75) is 174 Å². The normalized spacial score (nSPS) is 16.0. The fourth-order valence-electron chi connectivity index (χ4n) is 10.00. The maximum atomic E-state index is 12.8. The number of carbonyl (C=O) groups excluding carboxylic acids is 1. The first-order valence-corrected chi connectivity index (χ1v) is 24.0. The summed E-state index contributed by atoms with van der Waals surface area (Å²) in [5, 5.41) is 15.8. The molecule has 6 rings (SSSR count). The summed E-state index contributed by atoms with van der Waals surface area (Å²) in [4.78, 5) is 17.9. The molecule has 0 atom stereocenters. The SMILES string of the molecule is CC(C)(C)Cc1cc2c(sc3c(-c4[c-]c5ccccc5c(C(C)(C)C)c4)nccc32)c2c1C(C)(C)CCC2(C)C.CC(C)C(C)(C(=O)/C=C(\O)C(C)(C(C)C)C(C)C)C(C)C.[Ir]. The van der Waals surface area contributed by atoms with Gasteiger partial charge in [-0.15, -0.1) is 40.5 Å². The van der Waals surface area contributed by atoms with E-state index in [1.54, 1.807) is 11.1 Å². The molecule has 1 aliphatic rings. The maximum Gasteiger partial charge on any atom is 0.165 e. The van der Waals surface area contributed by atoms with Crippen LogP contribution in [0.5, 0.6) is 0 Å². The van der Waals surface area contributed by atoms with Crippen LogP contribution in [-0.2, 0) is 47.6 Å². The molecule has 62 heavy (non-hydrogen) atoms. The summed E-state index contributed by atoms with van der Waals surface area (Å²) in [6.45, 7) is 44.7. The van der Waals surface area contributed by atoms with Gasteiger partial charge in [0.2, 0.25) is 0 Å². The number of pyridine rings is 1. The van der Waals surface area contributed by atoms with E-state index in [1.165, 1.54) is 55.6 Å². The maximum absolute atomic E-state index is 12.8. The fourth-order valence-corrected chi connectivity index (χ4v) is 11.5. The molecule has 0 unspecified atom stereocenters. The van der Waals surface area contributed by atoms with Gasteiger partial charge in [0.15, 0.2) is 5.78 Å². The van der Waals surface area contributed by atoms with Crippen LogP contribution in [0, 0.1) is 46.0 Å². The molecule has 0 spiro atoms. The predicted octanol–water partition coefficient (Wildman–Crippen LogP) is 16.9. The molecule has 1 N–H and O–H groups in total. The first-order chi connectivity index (χ1) is 27.9. The molecule has 0 saturated carbocycles. The Hall–Kier alpha value is -2.85. The van der Waals surface area contributed by atoms with Gasteiger partial charge in [-0.05, 0) is 98.8 Å². The van der Waals surface area contributed by atoms with Crippen LogP contribution in [0.4, 0.5) is 0 Å². The van der Waals surface area contributed by atoms with Crippen molar-refractivity contribution >= 4 is 48.1 Å². The third-order valence-corrected chi connectivity index (χ3v) is 16.4. The van der Waals surface area contributed by atoms with Crippen LogP contribution >= 0.6 is 11.3 Å². The number of aliphatic hydroxyl groups excluding tert-OH is 1. The molecule has 0 bridgehead atoms. The number of benzene rings is 3. The Balaban J connectivity index is 0.000000329. The van der Waals surface area contributed by atoms with Gasteiger partial charge in [0, 0.05) is 63.7 Å². The molecule has 3 aromatic carbocycles. The van der Waals surface area contributed by atoms with Crippen LogP contribution in [-0.4, -0.2) is 15.9 Å². The van der Waals surface area contributed by atoms with Gasteiger partial charge in [0.25, 0.3) is 0 Å². The van der Waals surface area contributed by atoms with E-state index in [-0.39, 0.29) is 82.4 Å². The van der Waals surface area contributed by atoms with Crippen molar-refractivity contribution < 1.29 is 30.0 Å². The van der Waals surface area contributed by atoms with E-state index in [0.29, 0.717) is 0 Å². The smallest absolute Gasteiger partial charge is 0.165 e. The number of aliphatic hydroxyl groups is 1. The summed E-state index contributed by atoms with van der Waals surface area (Å²) in [6.07, 6.45) is 7.05. The van der Waals surface area contributed by atoms with Crippen LogP contribution in [0.3, 0.4) is 0 Å². The molecular weight excluding hydrogens is 955 g/mol. The van der Waals surface area contributed by atoms with E-state index in [2.05, 4.69) is 173 Å². The van der Waals surface area contributed by atoms with E-state index in [4.69, 9.17) is 4.98 Å². The molecule has 2 heterocycles. The number of hydrogen-bond acceptors (Lipinski definition) is 4. The largest absolute Gasteiger partial charge is 0.512 e. The van der Waals surface area contributed by atoms with Gasteiger partial charge in [0.05, 0.1) is 0 Å². The monoisotopic (exact) mass is 1040 g/mol. The average molecular weight is 1040 g/mol. The van der Waals surface area contributed by atoms with Gasteiger partial charge in [-0.1, -0.05) is 168 Å². The van der Waals surface area contributed by atoms with Gasteiger partial charge >= 0.3 is 0 Å². The Morgan fingerprint density at radius 2 is 1.27 bits per heavy atom. The molecular formula is C57H80IrNO2S-. The quantitative estimate of drug-likeness (QED) is 0.0909. The molecule has 1 radical (unpaired) electrons. The molecule has 5 heteroatoms. The molecule has 3 nitrogen and oxygen atoms in total. The van der Waals surface area contributed by atoms with E-state index in [1.807, 2.05) is 31.4 Å². The molecule has 2 aromatic heterocycles. The van der Waals surface area contributed by atoms with Crippen LogP contribution in [0.25, 0.3) is 42.2 Å². The van der Waals surface area contributed by atoms with Crippen molar-refractivity contribution in [2.75, 3.05) is 0 Å². The van der Waals surface area contributed by atoms with Crippen LogP contribution in [0.1, 0.15) is 174 Å². The molecule has 341 valence electrons. The zero-order valence-electron chi connectivity index (χ0n) is 42.2. The predicted molar refractivity (Wildman–Crippen MR) is 267 cm³/mol. The van der Waals surface area contributed by atoms with Gasteiger partial charge in [0.1, 0.15) is 5.76 Å². The van der Waals surface area contributed by atoms with Crippen molar-refractivity contribution in [3.05, 3.63) is 88.8 Å². The number of ketones is 1. The number of nitrogens with zero attached hydrogens (tertiary/aromatic N) is 1. The molecule has 0 fully saturated rings. The minimum Gasteiger partial charge on any atom is -0.512 e. The van der Waals surface area contributed by atoms with Crippen LogP contribution < -0.4 is 0 Å². The zero-order valence-corrected chi connectivity index (χ0v) is 45.4. The number of aromatic nitrogens is 1. The minimum atomic E-state index is -0.442. The Labute approximate surface area is 394 Å². The third kappa shape index (κ3) is 9.72. The summed E-state index contributed by atoms with van der Waals surface area (Å²) in [5.41, 5.74) is 8.00. The fraction of sp³-hybridized carbons (Fsp3) is 0.579. The first-order valence-electron chi connectivity index (χ1n) is 23.2. The minimum absolute atomic E-state index is 0. The number of fused-ring (bicyclic) bond motifs is 6. The molecule has 0 aliphatic heterocycles. The van der Waals surface area contributed by atoms with E-state index in [9.17, 15) is 9.90 Å². The van der Waals surface area contributed by atoms with Crippen molar-refractivity contribution in [1.82, 2.24) is 4.98 Å². The number of carbonyl (C=O) groups is 1. The van der Waals surface area contributed by atoms with Crippen molar-refractivity contribution in [3.8, 4) is 11.3 Å². The van der Waals surface area contributed by atoms with Gasteiger partial charge < -0.3 is 5.11 Å². The Kier molecular flexibility index (Phi) is 15.2. The topological polar surface area (TPSA) is 50.2 Å². The van der Waals surface area contributed by atoms with Gasteiger partial charge in [-0.3, -0.25) is 9.78 Å². The van der Waals surface area contributed by atoms with Crippen molar-refractivity contribution in [2.24, 2.45) is 39.9 Å². The summed E-state index contributed by atoms with van der Waals surface area (Å²) in [5.74, 6) is 1.27. The number of thiophene rings is 1. The molecule has 1 aliphatic carbocycles. The molecule has 0 amide bonds. The summed E-state index contributed by atoms with van der Waals surface area (Å²) >= 11 is 1.96. The second kappa shape index (κ2) is 18.2. The summed E-state index contributed by atoms with van der Waals surface area (Å²) in [7, 11) is 0. The first kappa shape index (κ1) is 51.8. The van der Waals surface area contributed by atoms with E-state index < -0.39 is 5.41 Å². The van der Waals surface area contributed by atoms with Crippen molar-refractivity contribution in [3.63, 3.8) is 0 Å². The Morgan fingerprint density at radius 3 is 1.79 bits per heavy atom. The van der Waals surface area contributed by atoms with Crippen LogP contribution in [0.2, 0.25) is 0 Å². The van der Waals surface area contributed by atoms with E-state index in [0.717, 1.165) is 23.1 Å². The van der Waals surface area contributed by atoms with Gasteiger partial charge in [-0.2, -0.15) is 0 Å². The number of hydrogen-bond donors (Lipinski definition) is 1. The second-order valence-electron chi connectivity index (χ2n) is 23.8. The average Bonchev–Trinajstić information content (AvgIpc) is 3.52. The number of rotatable bonds is 9. The Morgan fingerprint density at radius 1 is 0.742 bits per heavy atom. The van der Waals surface area contributed by atoms with E-state index >= 15 is 0 Å². The summed E-state index contributed by atoms with van der Waals surface area (Å²) in [6, 6.07) is 19.6. The second-order valence-corrected chi connectivity index (χ2v) is 24.8. The third-order valence-electron chi connectivity index (χ3n) is 15.2. The molecule has 0 saturated heterocycles. The zero-order chi connectivity index (χ0) is 46.0. The van der Waals surface area contributed by atoms with Crippen LogP contribution in [0.15, 0.2) is 60.5 Å². The van der Waals surface area contributed by atoms with Gasteiger partial charge in [-0.25, -0.2) is 0 Å². The van der Waals surface area contributed by atoms with Crippen molar-refractivity contribution in [1.29, 1.82) is 0 Å². The Bertz CT molecular complexity index is 2430. The standard InChI is InChI=1S/C38H44NS.C19H36O2.Ir/c1-35(2,3)22-25-20-28-27-15-18-39-32(24-19-23-13-11-12-14-26(23)29(21-24)36(4,5)6)34(27)40-33(28)31-30(25)37(7,8)16-17-38(31,9)10;1-12(2)18(9,13(3)4)16(20)11-17(21)19(10,14(5)6)15(7)8;/h11-15,18,20-21H,16-17,22H2,1-10H3;11-15,20H,1-10H3;/q-1;;/b;16-11-;. The number of allylic oxidation sites excluding steroid dienone is 2. The summed E-state index contributed by atoms with van der Waals surface area (Å²) < 4.78 is 2.75. The molecule has 5 aromatic rings.